The van der Waals surface area contributed by atoms with Gasteiger partial charge in [-0.2, -0.15) is 15.2 Å². The number of piperazine rings is 1. The van der Waals surface area contributed by atoms with Gasteiger partial charge in [-0.15, -0.1) is 0 Å². The van der Waals surface area contributed by atoms with Gasteiger partial charge in [0.1, 0.15) is 23.6 Å². The number of carbonyl (C=O) groups is 1. The molecule has 2 saturated heterocycles. The van der Waals surface area contributed by atoms with Gasteiger partial charge >= 0.3 is 6.01 Å². The number of rotatable bonds is 7. The molecule has 4 atom stereocenters. The molecule has 2 aliphatic carbocycles. The largest absolute Gasteiger partial charge is 0.462 e. The lowest BCUT2D eigenvalue weighted by atomic mass is 9.91. The summed E-state index contributed by atoms with van der Waals surface area (Å²) in [5.74, 6) is 0.904. The van der Waals surface area contributed by atoms with Gasteiger partial charge in [-0.25, -0.2) is 4.39 Å². The summed E-state index contributed by atoms with van der Waals surface area (Å²) in [6.07, 6.45) is 9.86. The Hall–Kier alpha value is -4.10. The highest BCUT2D eigenvalue weighted by molar-refractivity contribution is 5.93. The number of ether oxygens (including phenoxy) is 1. The number of nitrogens with zero attached hydrogens (tertiary/aromatic N) is 7. The quantitative estimate of drug-likeness (QED) is 0.357. The van der Waals surface area contributed by atoms with Gasteiger partial charge in [0, 0.05) is 37.4 Å². The smallest absolute Gasteiger partial charge is 0.319 e. The Balaban J connectivity index is 1.30. The molecule has 2 aromatic heterocycles. The van der Waals surface area contributed by atoms with Crippen LogP contribution in [0.1, 0.15) is 55.6 Å². The van der Waals surface area contributed by atoms with Crippen LogP contribution in [-0.4, -0.2) is 82.6 Å². The Kier molecular flexibility index (Phi) is 7.67. The molecule has 1 saturated carbocycles. The van der Waals surface area contributed by atoms with Crippen molar-refractivity contribution in [3.63, 3.8) is 0 Å². The normalized spacial score (nSPS) is 24.8. The standard InChI is InChI=1S/C34H38FN7O2/c1-3-28(43)42-16-15-41(19-23(42)12-13-36)33-27-18-37-31(26-11-5-8-22-17-21-7-4-10-25(21)29(22)26)30(35)32(27)38-34(39-33)44-20-24-9-6-14-40(24)2/h3,5,8,11,18,21,23-25H,1,4,6-7,9-10,12,14-17,19-20H2,2H3/t21?,23-,24-,25?/m0/s1. The van der Waals surface area contributed by atoms with E-state index in [1.807, 2.05) is 17.0 Å². The van der Waals surface area contributed by atoms with Crippen molar-refractivity contribution in [2.24, 2.45) is 5.92 Å². The highest BCUT2D eigenvalue weighted by atomic mass is 19.1. The minimum atomic E-state index is -0.474. The molecule has 1 aromatic carbocycles. The van der Waals surface area contributed by atoms with Gasteiger partial charge in [0.25, 0.3) is 0 Å². The van der Waals surface area contributed by atoms with Crippen molar-refractivity contribution >= 4 is 22.6 Å². The van der Waals surface area contributed by atoms with Crippen molar-refractivity contribution < 1.29 is 13.9 Å². The van der Waals surface area contributed by atoms with Crippen LogP contribution in [0.15, 0.2) is 37.1 Å². The Labute approximate surface area is 257 Å². The van der Waals surface area contributed by atoms with Gasteiger partial charge in [-0.05, 0) is 74.7 Å². The molecule has 44 heavy (non-hydrogen) atoms. The van der Waals surface area contributed by atoms with E-state index in [-0.39, 0.29) is 35.9 Å². The number of likely N-dealkylation sites (tertiary alicyclic amines) is 1. The molecule has 0 N–H and O–H groups in total. The summed E-state index contributed by atoms with van der Waals surface area (Å²) in [6.45, 7) is 6.25. The fourth-order valence-electron chi connectivity index (χ4n) is 7.99. The first-order valence-electron chi connectivity index (χ1n) is 15.8. The molecule has 3 fully saturated rings. The van der Waals surface area contributed by atoms with Crippen LogP contribution in [0.25, 0.3) is 22.2 Å². The number of amides is 1. The van der Waals surface area contributed by atoms with Gasteiger partial charge in [0.2, 0.25) is 5.91 Å². The van der Waals surface area contributed by atoms with Crippen molar-refractivity contribution in [1.82, 2.24) is 24.8 Å². The third-order valence-corrected chi connectivity index (χ3v) is 10.3. The number of benzene rings is 1. The van der Waals surface area contributed by atoms with Crippen molar-refractivity contribution in [3.8, 4) is 23.3 Å². The topological polar surface area (TPSA) is 98.5 Å². The lowest BCUT2D eigenvalue weighted by Crippen LogP contribution is -2.55. The number of hydrogen-bond acceptors (Lipinski definition) is 8. The maximum atomic E-state index is 16.8. The Morgan fingerprint density at radius 1 is 1.18 bits per heavy atom. The predicted octanol–water partition coefficient (Wildman–Crippen LogP) is 4.86. The number of aromatic nitrogens is 3. The summed E-state index contributed by atoms with van der Waals surface area (Å²) in [5, 5.41) is 10.0. The number of hydrogen-bond donors (Lipinski definition) is 0. The lowest BCUT2D eigenvalue weighted by Gasteiger charge is -2.41. The molecule has 0 spiro atoms. The summed E-state index contributed by atoms with van der Waals surface area (Å²) in [4.78, 5) is 32.6. The molecule has 10 heteroatoms. The van der Waals surface area contributed by atoms with E-state index in [4.69, 9.17) is 14.7 Å². The minimum Gasteiger partial charge on any atom is -0.462 e. The van der Waals surface area contributed by atoms with Gasteiger partial charge in [-0.1, -0.05) is 31.2 Å². The van der Waals surface area contributed by atoms with E-state index in [0.29, 0.717) is 55.0 Å². The predicted molar refractivity (Wildman–Crippen MR) is 166 cm³/mol. The number of nitriles is 1. The second kappa shape index (κ2) is 11.8. The summed E-state index contributed by atoms with van der Waals surface area (Å²) < 4.78 is 22.9. The average molecular weight is 596 g/mol. The molecular formula is C34H38FN7O2. The van der Waals surface area contributed by atoms with Gasteiger partial charge in [0.15, 0.2) is 5.82 Å². The van der Waals surface area contributed by atoms with Crippen LogP contribution in [0.2, 0.25) is 0 Å². The summed E-state index contributed by atoms with van der Waals surface area (Å²) in [7, 11) is 2.08. The number of likely N-dealkylation sites (N-methyl/N-ethyl adjacent to an activating group) is 1. The van der Waals surface area contributed by atoms with Crippen molar-refractivity contribution in [2.75, 3.05) is 44.7 Å². The highest BCUT2D eigenvalue weighted by Crippen LogP contribution is 2.51. The zero-order valence-corrected chi connectivity index (χ0v) is 25.2. The van der Waals surface area contributed by atoms with Crippen molar-refractivity contribution in [1.29, 1.82) is 5.26 Å². The monoisotopic (exact) mass is 595 g/mol. The molecular weight excluding hydrogens is 557 g/mol. The van der Waals surface area contributed by atoms with E-state index in [0.717, 1.165) is 37.8 Å². The Bertz CT molecular complexity index is 1650. The number of carbonyl (C=O) groups excluding carboxylic acids is 1. The average Bonchev–Trinajstić information content (AvgIpc) is 3.76. The summed E-state index contributed by atoms with van der Waals surface area (Å²) >= 11 is 0. The summed E-state index contributed by atoms with van der Waals surface area (Å²) in [5.41, 5.74) is 3.91. The molecule has 0 bridgehead atoms. The summed E-state index contributed by atoms with van der Waals surface area (Å²) in [6, 6.07) is 8.40. The van der Waals surface area contributed by atoms with Crippen LogP contribution >= 0.6 is 0 Å². The first-order valence-corrected chi connectivity index (χ1v) is 15.8. The van der Waals surface area contributed by atoms with Crippen molar-refractivity contribution in [2.45, 2.75) is 62.9 Å². The minimum absolute atomic E-state index is 0.124. The van der Waals surface area contributed by atoms with E-state index in [9.17, 15) is 10.1 Å². The lowest BCUT2D eigenvalue weighted by molar-refractivity contribution is -0.128. The SMILES string of the molecule is C=CC(=O)N1CCN(c2nc(OC[C@@H]3CCCN3C)nc3c(F)c(-c4cccc5c4C4CCCC4C5)ncc23)C[C@@H]1CC#N. The fourth-order valence-corrected chi connectivity index (χ4v) is 7.99. The van der Waals surface area contributed by atoms with E-state index in [2.05, 4.69) is 35.6 Å². The van der Waals surface area contributed by atoms with Crippen LogP contribution in [0, 0.1) is 23.1 Å². The first-order chi connectivity index (χ1) is 21.5. The van der Waals surface area contributed by atoms with Crippen LogP contribution in [0.3, 0.4) is 0 Å². The zero-order chi connectivity index (χ0) is 30.4. The number of fused-ring (bicyclic) bond motifs is 4. The molecule has 0 radical (unpaired) electrons. The van der Waals surface area contributed by atoms with E-state index >= 15 is 4.39 Å². The van der Waals surface area contributed by atoms with E-state index in [1.165, 1.54) is 30.0 Å². The van der Waals surface area contributed by atoms with Gasteiger partial charge in [0.05, 0.1) is 23.9 Å². The Morgan fingerprint density at radius 3 is 2.86 bits per heavy atom. The van der Waals surface area contributed by atoms with Crippen LogP contribution in [-0.2, 0) is 11.2 Å². The van der Waals surface area contributed by atoms with Gasteiger partial charge < -0.3 is 19.4 Å². The Morgan fingerprint density at radius 2 is 2.07 bits per heavy atom. The first kappa shape index (κ1) is 28.7. The molecule has 4 aliphatic rings. The molecule has 2 unspecified atom stereocenters. The van der Waals surface area contributed by atoms with Crippen LogP contribution < -0.4 is 9.64 Å². The number of pyridine rings is 1. The van der Waals surface area contributed by atoms with Crippen molar-refractivity contribution in [3.05, 3.63) is 54.0 Å². The van der Waals surface area contributed by atoms with Gasteiger partial charge in [-0.3, -0.25) is 9.78 Å². The van der Waals surface area contributed by atoms with E-state index in [1.54, 1.807) is 11.1 Å². The number of halogens is 1. The second-order valence-electron chi connectivity index (χ2n) is 12.7. The maximum Gasteiger partial charge on any atom is 0.319 e. The van der Waals surface area contributed by atoms with E-state index < -0.39 is 5.82 Å². The van der Waals surface area contributed by atoms with Crippen LogP contribution in [0.5, 0.6) is 6.01 Å². The molecule has 228 valence electrons. The fraction of sp³-hybridized carbons (Fsp3) is 0.500. The molecule has 3 aromatic rings. The molecule has 1 amide bonds. The highest BCUT2D eigenvalue weighted by Gasteiger charge is 2.38. The molecule has 4 heterocycles. The maximum absolute atomic E-state index is 16.8. The zero-order valence-electron chi connectivity index (χ0n) is 25.2. The third-order valence-electron chi connectivity index (χ3n) is 10.3. The molecule has 9 nitrogen and oxygen atoms in total. The molecule has 7 rings (SSSR count). The number of anilines is 1. The third kappa shape index (κ3) is 4.97. The second-order valence-corrected chi connectivity index (χ2v) is 12.7. The van der Waals surface area contributed by atoms with Crippen LogP contribution in [0.4, 0.5) is 10.2 Å². The molecule has 2 aliphatic heterocycles.